The van der Waals surface area contributed by atoms with Crippen molar-refractivity contribution >= 4 is 27.9 Å². The summed E-state index contributed by atoms with van der Waals surface area (Å²) in [5.41, 5.74) is -0.510. The van der Waals surface area contributed by atoms with Crippen LogP contribution in [-0.4, -0.2) is 22.2 Å². The molecule has 0 amide bonds. The summed E-state index contributed by atoms with van der Waals surface area (Å²) in [4.78, 5) is 22.2. The van der Waals surface area contributed by atoms with Crippen molar-refractivity contribution < 1.29 is 19.8 Å². The Balaban J connectivity index is 3.10. The molecule has 0 heterocycles. The van der Waals surface area contributed by atoms with Crippen LogP contribution in [0.2, 0.25) is 0 Å². The first-order valence-corrected chi connectivity index (χ1v) is 6.27. The Kier molecular flexibility index (Phi) is 4.51. The van der Waals surface area contributed by atoms with E-state index in [-0.39, 0.29) is 5.92 Å². The van der Waals surface area contributed by atoms with E-state index >= 15 is 0 Å². The van der Waals surface area contributed by atoms with Crippen LogP contribution in [0.5, 0.6) is 0 Å². The van der Waals surface area contributed by atoms with Gasteiger partial charge in [-0.05, 0) is 30.5 Å². The largest absolute Gasteiger partial charge is 0.481 e. The van der Waals surface area contributed by atoms with Gasteiger partial charge in [0.05, 0.1) is 11.8 Å². The summed E-state index contributed by atoms with van der Waals surface area (Å²) in [5, 5.41) is 18.2. The monoisotopic (exact) mass is 314 g/mol. The van der Waals surface area contributed by atoms with Gasteiger partial charge in [0.15, 0.2) is 0 Å². The fourth-order valence-electron chi connectivity index (χ4n) is 1.85. The van der Waals surface area contributed by atoms with Gasteiger partial charge < -0.3 is 10.2 Å². The molecule has 0 bridgehead atoms. The highest BCUT2D eigenvalue weighted by Gasteiger charge is 2.41. The van der Waals surface area contributed by atoms with Crippen molar-refractivity contribution in [2.75, 3.05) is 0 Å². The molecule has 0 aliphatic rings. The van der Waals surface area contributed by atoms with Gasteiger partial charge in [-0.3, -0.25) is 9.59 Å². The molecule has 0 aliphatic carbocycles. The third-order valence-corrected chi connectivity index (χ3v) is 3.86. The minimum atomic E-state index is -1.32. The Bertz CT molecular complexity index is 455. The number of carbonyl (C=O) groups is 2. The molecule has 0 fully saturated rings. The summed E-state index contributed by atoms with van der Waals surface area (Å²) in [6, 6.07) is 7.24. The number of aliphatic carboxylic acids is 2. The van der Waals surface area contributed by atoms with Crippen LogP contribution >= 0.6 is 15.9 Å². The van der Waals surface area contributed by atoms with E-state index in [1.807, 2.05) is 12.1 Å². The summed E-state index contributed by atoms with van der Waals surface area (Å²) in [5.74, 6) is -2.59. The van der Waals surface area contributed by atoms with Crippen LogP contribution in [0.3, 0.4) is 0 Å². The Labute approximate surface area is 114 Å². The molecule has 18 heavy (non-hydrogen) atoms. The maximum absolute atomic E-state index is 11.4. The molecule has 1 aromatic rings. The zero-order valence-corrected chi connectivity index (χ0v) is 11.8. The second kappa shape index (κ2) is 5.52. The standard InChI is InChI=1S/C13H15BrO4/c1-8(9-3-5-10(14)6-4-9)13(2,12(17)18)7-11(15)16/h3-6,8H,7H2,1-2H3,(H,15,16)(H,17,18). The Morgan fingerprint density at radius 2 is 1.78 bits per heavy atom. The Morgan fingerprint density at radius 3 is 2.17 bits per heavy atom. The molecule has 0 saturated carbocycles. The van der Waals surface area contributed by atoms with Gasteiger partial charge in [0.2, 0.25) is 0 Å². The number of carboxylic acids is 2. The molecule has 0 aliphatic heterocycles. The molecule has 0 aromatic heterocycles. The van der Waals surface area contributed by atoms with Crippen LogP contribution in [-0.2, 0) is 9.59 Å². The van der Waals surface area contributed by atoms with Crippen molar-refractivity contribution in [3.05, 3.63) is 34.3 Å². The van der Waals surface area contributed by atoms with E-state index in [9.17, 15) is 14.7 Å². The van der Waals surface area contributed by atoms with Gasteiger partial charge in [-0.15, -0.1) is 0 Å². The van der Waals surface area contributed by atoms with E-state index in [1.54, 1.807) is 19.1 Å². The Hall–Kier alpha value is -1.36. The molecule has 1 rings (SSSR count). The van der Waals surface area contributed by atoms with Crippen LogP contribution < -0.4 is 0 Å². The first-order chi connectivity index (χ1) is 8.27. The maximum Gasteiger partial charge on any atom is 0.310 e. The Morgan fingerprint density at radius 1 is 1.28 bits per heavy atom. The van der Waals surface area contributed by atoms with Gasteiger partial charge in [0.1, 0.15) is 0 Å². The predicted molar refractivity (Wildman–Crippen MR) is 70.6 cm³/mol. The number of halogens is 1. The van der Waals surface area contributed by atoms with Gasteiger partial charge in [-0.1, -0.05) is 35.0 Å². The summed E-state index contributed by atoms with van der Waals surface area (Å²) in [6.45, 7) is 3.20. The van der Waals surface area contributed by atoms with Crippen LogP contribution in [0.4, 0.5) is 0 Å². The van der Waals surface area contributed by atoms with Gasteiger partial charge >= 0.3 is 11.9 Å². The molecule has 98 valence electrons. The average molecular weight is 315 g/mol. The fraction of sp³-hybridized carbons (Fsp3) is 0.385. The van der Waals surface area contributed by atoms with E-state index in [4.69, 9.17) is 5.11 Å². The number of carboxylic acid groups (broad SMARTS) is 2. The molecular formula is C13H15BrO4. The number of hydrogen-bond acceptors (Lipinski definition) is 2. The quantitative estimate of drug-likeness (QED) is 0.875. The molecule has 5 heteroatoms. The predicted octanol–water partition coefficient (Wildman–Crippen LogP) is 3.12. The zero-order valence-electron chi connectivity index (χ0n) is 10.2. The highest BCUT2D eigenvalue weighted by Crippen LogP contribution is 2.39. The van der Waals surface area contributed by atoms with E-state index in [2.05, 4.69) is 15.9 Å². The minimum Gasteiger partial charge on any atom is -0.481 e. The second-order valence-electron chi connectivity index (χ2n) is 4.57. The summed E-state index contributed by atoms with van der Waals surface area (Å²) in [6.07, 6.45) is -0.403. The highest BCUT2D eigenvalue weighted by atomic mass is 79.9. The third-order valence-electron chi connectivity index (χ3n) is 3.33. The van der Waals surface area contributed by atoms with Crippen molar-refractivity contribution in [3.8, 4) is 0 Å². The molecule has 1 aromatic carbocycles. The molecule has 0 spiro atoms. The molecule has 2 N–H and O–H groups in total. The zero-order chi connectivity index (χ0) is 13.9. The van der Waals surface area contributed by atoms with Crippen molar-refractivity contribution in [1.82, 2.24) is 0 Å². The van der Waals surface area contributed by atoms with Crippen LogP contribution in [0.1, 0.15) is 31.7 Å². The van der Waals surface area contributed by atoms with E-state index in [1.165, 1.54) is 6.92 Å². The molecule has 2 atom stereocenters. The van der Waals surface area contributed by atoms with Crippen LogP contribution in [0.15, 0.2) is 28.7 Å². The lowest BCUT2D eigenvalue weighted by Crippen LogP contribution is -2.35. The van der Waals surface area contributed by atoms with Crippen molar-refractivity contribution in [1.29, 1.82) is 0 Å². The second-order valence-corrected chi connectivity index (χ2v) is 5.48. The number of benzene rings is 1. The van der Waals surface area contributed by atoms with Crippen LogP contribution in [0, 0.1) is 5.41 Å². The summed E-state index contributed by atoms with van der Waals surface area (Å²) < 4.78 is 0.897. The SMILES string of the molecule is CC(c1ccc(Br)cc1)C(C)(CC(=O)O)C(=O)O. The van der Waals surface area contributed by atoms with Crippen LogP contribution in [0.25, 0.3) is 0 Å². The number of rotatable bonds is 5. The van der Waals surface area contributed by atoms with E-state index in [0.29, 0.717) is 0 Å². The van der Waals surface area contributed by atoms with Crippen molar-refractivity contribution in [2.45, 2.75) is 26.2 Å². The minimum absolute atomic E-state index is 0.390. The van der Waals surface area contributed by atoms with E-state index in [0.717, 1.165) is 10.0 Å². The lowest BCUT2D eigenvalue weighted by molar-refractivity contribution is -0.156. The molecule has 0 saturated heterocycles. The van der Waals surface area contributed by atoms with Gasteiger partial charge in [-0.25, -0.2) is 0 Å². The summed E-state index contributed by atoms with van der Waals surface area (Å²) in [7, 11) is 0. The van der Waals surface area contributed by atoms with Gasteiger partial charge in [0, 0.05) is 4.47 Å². The maximum atomic E-state index is 11.4. The number of hydrogen-bond donors (Lipinski definition) is 2. The normalized spacial score (nSPS) is 15.7. The first-order valence-electron chi connectivity index (χ1n) is 5.48. The molecule has 2 unspecified atom stereocenters. The van der Waals surface area contributed by atoms with E-state index < -0.39 is 23.8 Å². The molecule has 0 radical (unpaired) electrons. The molecular weight excluding hydrogens is 300 g/mol. The van der Waals surface area contributed by atoms with Gasteiger partial charge in [0.25, 0.3) is 0 Å². The average Bonchev–Trinajstić information content (AvgIpc) is 2.27. The van der Waals surface area contributed by atoms with Gasteiger partial charge in [-0.2, -0.15) is 0 Å². The molecule has 4 nitrogen and oxygen atoms in total. The lowest BCUT2D eigenvalue weighted by atomic mass is 9.72. The fourth-order valence-corrected chi connectivity index (χ4v) is 2.11. The lowest BCUT2D eigenvalue weighted by Gasteiger charge is -2.30. The highest BCUT2D eigenvalue weighted by molar-refractivity contribution is 9.10. The van der Waals surface area contributed by atoms with Crippen molar-refractivity contribution in [3.63, 3.8) is 0 Å². The topological polar surface area (TPSA) is 74.6 Å². The third kappa shape index (κ3) is 3.10. The first kappa shape index (κ1) is 14.7. The van der Waals surface area contributed by atoms with Crippen molar-refractivity contribution in [2.24, 2.45) is 5.41 Å². The summed E-state index contributed by atoms with van der Waals surface area (Å²) >= 11 is 3.30. The smallest absolute Gasteiger partial charge is 0.310 e.